The van der Waals surface area contributed by atoms with E-state index in [1.165, 1.54) is 32.7 Å². The molecule has 0 radical (unpaired) electrons. The summed E-state index contributed by atoms with van der Waals surface area (Å²) < 4.78 is 15.8. The van der Waals surface area contributed by atoms with Gasteiger partial charge in [-0.05, 0) is 26.0 Å². The minimum Gasteiger partial charge on any atom is -0.493 e. The average molecular weight is 392 g/mol. The van der Waals surface area contributed by atoms with Crippen LogP contribution < -0.4 is 24.5 Å². The van der Waals surface area contributed by atoms with E-state index in [0.717, 1.165) is 23.1 Å². The number of hydrogen-bond donors (Lipinski definition) is 1. The van der Waals surface area contributed by atoms with Gasteiger partial charge in [0.1, 0.15) is 0 Å². The number of amides is 1. The monoisotopic (exact) mass is 392 g/mol. The maximum Gasteiger partial charge on any atom is 0.271 e. The van der Waals surface area contributed by atoms with Crippen LogP contribution >= 0.6 is 11.3 Å². The molecule has 1 amide bonds. The zero-order chi connectivity index (χ0) is 19.8. The first-order chi connectivity index (χ1) is 13.1. The largest absolute Gasteiger partial charge is 0.493 e. The molecule has 146 valence electrons. The van der Waals surface area contributed by atoms with Gasteiger partial charge in [-0.15, -0.1) is 0 Å². The smallest absolute Gasteiger partial charge is 0.271 e. The number of hydrazone groups is 1. The summed E-state index contributed by atoms with van der Waals surface area (Å²) in [6.07, 6.45) is 3.30. The van der Waals surface area contributed by atoms with Crippen molar-refractivity contribution in [1.82, 2.24) is 10.4 Å². The molecule has 0 saturated heterocycles. The second kappa shape index (κ2) is 9.77. The topological polar surface area (TPSA) is 85.3 Å². The number of thiazole rings is 1. The molecule has 0 atom stereocenters. The van der Waals surface area contributed by atoms with Gasteiger partial charge in [-0.3, -0.25) is 4.79 Å². The maximum atomic E-state index is 12.4. The Labute approximate surface area is 162 Å². The van der Waals surface area contributed by atoms with E-state index < -0.39 is 0 Å². The lowest BCUT2D eigenvalue weighted by Gasteiger charge is -2.16. The molecule has 0 spiro atoms. The van der Waals surface area contributed by atoms with Crippen molar-refractivity contribution in [3.8, 4) is 17.2 Å². The van der Waals surface area contributed by atoms with E-state index in [1.807, 2.05) is 0 Å². The molecule has 1 aromatic carbocycles. The Morgan fingerprint density at radius 3 is 2.33 bits per heavy atom. The number of aromatic nitrogens is 1. The minimum absolute atomic E-state index is 0.342. The van der Waals surface area contributed by atoms with E-state index in [2.05, 4.69) is 34.3 Å². The highest BCUT2D eigenvalue weighted by atomic mass is 32.1. The molecular formula is C18H24N4O4S. The van der Waals surface area contributed by atoms with Gasteiger partial charge in [-0.25, -0.2) is 10.4 Å². The van der Waals surface area contributed by atoms with E-state index in [0.29, 0.717) is 22.8 Å². The summed E-state index contributed by atoms with van der Waals surface area (Å²) in [6.45, 7) is 5.93. The van der Waals surface area contributed by atoms with Crippen molar-refractivity contribution in [2.75, 3.05) is 39.3 Å². The zero-order valence-corrected chi connectivity index (χ0v) is 16.9. The summed E-state index contributed by atoms with van der Waals surface area (Å²) in [6, 6.07) is 3.13. The van der Waals surface area contributed by atoms with Gasteiger partial charge in [0.2, 0.25) is 5.75 Å². The molecule has 9 heteroatoms. The van der Waals surface area contributed by atoms with E-state index >= 15 is 0 Å². The molecule has 0 bridgehead atoms. The third-order valence-corrected chi connectivity index (χ3v) is 4.82. The number of nitrogens with one attached hydrogen (secondary N) is 1. The Kier molecular flexibility index (Phi) is 7.42. The van der Waals surface area contributed by atoms with Crippen LogP contribution in [0.3, 0.4) is 0 Å². The van der Waals surface area contributed by atoms with E-state index in [1.54, 1.807) is 24.5 Å². The summed E-state index contributed by atoms with van der Waals surface area (Å²) >= 11 is 1.51. The zero-order valence-electron chi connectivity index (χ0n) is 16.1. The van der Waals surface area contributed by atoms with E-state index in [9.17, 15) is 4.79 Å². The Bertz CT molecular complexity index is 777. The van der Waals surface area contributed by atoms with Crippen molar-refractivity contribution in [3.63, 3.8) is 0 Å². The van der Waals surface area contributed by atoms with Gasteiger partial charge < -0.3 is 19.1 Å². The number of rotatable bonds is 9. The third-order valence-electron chi connectivity index (χ3n) is 3.83. The molecule has 1 N–H and O–H groups in total. The minimum atomic E-state index is -0.390. The van der Waals surface area contributed by atoms with Gasteiger partial charge in [0.05, 0.1) is 32.4 Å². The number of ether oxygens (including phenoxy) is 3. The summed E-state index contributed by atoms with van der Waals surface area (Å²) in [5, 5.41) is 4.94. The van der Waals surface area contributed by atoms with Crippen LogP contribution in [-0.4, -0.2) is 51.5 Å². The predicted octanol–water partition coefficient (Wildman–Crippen LogP) is 2.78. The van der Waals surface area contributed by atoms with Crippen LogP contribution in [0.1, 0.15) is 29.1 Å². The summed E-state index contributed by atoms with van der Waals surface area (Å²) in [5.41, 5.74) is 2.84. The second-order valence-corrected chi connectivity index (χ2v) is 6.37. The van der Waals surface area contributed by atoms with Crippen molar-refractivity contribution in [2.45, 2.75) is 13.8 Å². The summed E-state index contributed by atoms with van der Waals surface area (Å²) in [4.78, 5) is 19.8. The lowest BCUT2D eigenvalue weighted by atomic mass is 10.1. The Morgan fingerprint density at radius 2 is 1.81 bits per heavy atom. The van der Waals surface area contributed by atoms with Gasteiger partial charge in [0, 0.05) is 24.8 Å². The van der Waals surface area contributed by atoms with Crippen LogP contribution in [0.2, 0.25) is 0 Å². The van der Waals surface area contributed by atoms with Crippen LogP contribution in [0, 0.1) is 0 Å². The Hall–Kier alpha value is -2.81. The van der Waals surface area contributed by atoms with Crippen molar-refractivity contribution in [2.24, 2.45) is 5.10 Å². The average Bonchev–Trinajstić information content (AvgIpc) is 3.16. The van der Waals surface area contributed by atoms with Crippen molar-refractivity contribution < 1.29 is 19.0 Å². The highest BCUT2D eigenvalue weighted by Crippen LogP contribution is 2.38. The van der Waals surface area contributed by atoms with Crippen molar-refractivity contribution >= 4 is 28.6 Å². The number of benzene rings is 1. The summed E-state index contributed by atoms with van der Waals surface area (Å²) in [7, 11) is 4.49. The number of anilines is 1. The first-order valence-corrected chi connectivity index (χ1v) is 9.23. The highest BCUT2D eigenvalue weighted by molar-refractivity contribution is 7.17. The standard InChI is InChI=1S/C18H24N4O4S/c1-6-22(7-2)18-19-10-13(27-18)11-20-21-17(23)12-8-14(24-3)16(26-5)15(9-12)25-4/h8-11H,6-7H2,1-5H3,(H,21,23)/b20-11-. The molecule has 2 rings (SSSR count). The van der Waals surface area contributed by atoms with Gasteiger partial charge >= 0.3 is 0 Å². The molecule has 0 saturated carbocycles. The molecule has 8 nitrogen and oxygen atoms in total. The SMILES string of the molecule is CCN(CC)c1ncc(/C=N\NC(=O)c2cc(OC)c(OC)c(OC)c2)s1. The van der Waals surface area contributed by atoms with Crippen molar-refractivity contribution in [1.29, 1.82) is 0 Å². The van der Waals surface area contributed by atoms with Crippen LogP contribution in [0.25, 0.3) is 0 Å². The number of nitrogens with zero attached hydrogens (tertiary/aromatic N) is 3. The molecule has 0 fully saturated rings. The van der Waals surface area contributed by atoms with Crippen molar-refractivity contribution in [3.05, 3.63) is 28.8 Å². The third kappa shape index (κ3) is 4.88. The maximum absolute atomic E-state index is 12.4. The number of methoxy groups -OCH3 is 3. The number of carbonyl (C=O) groups excluding carboxylic acids is 1. The van der Waals surface area contributed by atoms with Gasteiger partial charge in [-0.2, -0.15) is 5.10 Å². The molecule has 0 aliphatic rings. The van der Waals surface area contributed by atoms with E-state index in [-0.39, 0.29) is 5.91 Å². The van der Waals surface area contributed by atoms with E-state index in [4.69, 9.17) is 14.2 Å². The number of carbonyl (C=O) groups is 1. The molecule has 0 aliphatic carbocycles. The predicted molar refractivity (Wildman–Crippen MR) is 107 cm³/mol. The molecule has 27 heavy (non-hydrogen) atoms. The fourth-order valence-electron chi connectivity index (χ4n) is 2.41. The lowest BCUT2D eigenvalue weighted by molar-refractivity contribution is 0.0954. The quantitative estimate of drug-likeness (QED) is 0.522. The van der Waals surface area contributed by atoms with Crippen LogP contribution in [0.15, 0.2) is 23.4 Å². The number of hydrogen-bond acceptors (Lipinski definition) is 8. The molecule has 2 aromatic rings. The van der Waals surface area contributed by atoms with Gasteiger partial charge in [0.15, 0.2) is 16.6 Å². The lowest BCUT2D eigenvalue weighted by Crippen LogP contribution is -2.21. The van der Waals surface area contributed by atoms with Gasteiger partial charge in [-0.1, -0.05) is 11.3 Å². The molecule has 0 aliphatic heterocycles. The summed E-state index contributed by atoms with van der Waals surface area (Å²) in [5.74, 6) is 0.835. The normalized spacial score (nSPS) is 10.7. The fourth-order valence-corrected chi connectivity index (χ4v) is 3.32. The fraction of sp³-hybridized carbons (Fsp3) is 0.389. The molecule has 1 heterocycles. The first kappa shape index (κ1) is 20.5. The van der Waals surface area contributed by atoms with Crippen LogP contribution in [0.4, 0.5) is 5.13 Å². The molecule has 0 unspecified atom stereocenters. The van der Waals surface area contributed by atoms with Gasteiger partial charge in [0.25, 0.3) is 5.91 Å². The first-order valence-electron chi connectivity index (χ1n) is 8.42. The van der Waals surface area contributed by atoms with Crippen LogP contribution in [0.5, 0.6) is 17.2 Å². The highest BCUT2D eigenvalue weighted by Gasteiger charge is 2.16. The Morgan fingerprint density at radius 1 is 1.19 bits per heavy atom. The second-order valence-electron chi connectivity index (χ2n) is 5.33. The molecule has 1 aromatic heterocycles. The Balaban J connectivity index is 2.10. The molecular weight excluding hydrogens is 368 g/mol. The van der Waals surface area contributed by atoms with Crippen LogP contribution in [-0.2, 0) is 0 Å².